The number of benzene rings is 2. The largest absolute Gasteiger partial charge is 0.355 e. The number of thioether (sulfide) groups is 1. The molecule has 4 rings (SSSR count). The predicted molar refractivity (Wildman–Crippen MR) is 133 cm³/mol. The molecule has 0 saturated carbocycles. The molecule has 0 spiro atoms. The highest BCUT2D eigenvalue weighted by atomic mass is 32.2. The molecule has 1 amide bonds. The van der Waals surface area contributed by atoms with Crippen molar-refractivity contribution in [3.63, 3.8) is 0 Å². The first-order valence-corrected chi connectivity index (χ1v) is 11.8. The fourth-order valence-electron chi connectivity index (χ4n) is 3.45. The fraction of sp³-hybridized carbons (Fsp3) is 0.192. The normalized spacial score (nSPS) is 10.8. The fourth-order valence-corrected chi connectivity index (χ4v) is 4.37. The highest BCUT2D eigenvalue weighted by Crippen LogP contribution is 2.22. The zero-order chi connectivity index (χ0) is 23.9. The summed E-state index contributed by atoms with van der Waals surface area (Å²) >= 11 is 1.53. The van der Waals surface area contributed by atoms with Crippen LogP contribution in [0, 0.1) is 6.92 Å². The molecule has 0 radical (unpaired) electrons. The first-order chi connectivity index (χ1) is 16.5. The molecule has 8 heteroatoms. The van der Waals surface area contributed by atoms with E-state index in [-0.39, 0.29) is 11.5 Å². The van der Waals surface area contributed by atoms with Crippen LogP contribution in [0.3, 0.4) is 0 Å². The molecule has 0 fully saturated rings. The molecule has 0 atom stereocenters. The summed E-state index contributed by atoms with van der Waals surface area (Å²) in [7, 11) is 1.61. The summed E-state index contributed by atoms with van der Waals surface area (Å²) in [5.41, 5.74) is 5.16. The molecule has 0 aliphatic rings. The zero-order valence-electron chi connectivity index (χ0n) is 19.1. The number of carbonyl (C=O) groups excluding carboxylic acids is 1. The predicted octanol–water partition coefficient (Wildman–Crippen LogP) is 3.63. The van der Waals surface area contributed by atoms with Crippen LogP contribution in [-0.2, 0) is 18.7 Å². The Kier molecular flexibility index (Phi) is 7.49. The van der Waals surface area contributed by atoms with Crippen molar-refractivity contribution in [2.75, 3.05) is 7.05 Å². The summed E-state index contributed by atoms with van der Waals surface area (Å²) in [5, 5.41) is 3.28. The lowest BCUT2D eigenvalue weighted by Crippen LogP contribution is -2.20. The Hall–Kier alpha value is -3.78. The van der Waals surface area contributed by atoms with Gasteiger partial charge in [-0.25, -0.2) is 9.97 Å². The molecular weight excluding hydrogens is 446 g/mol. The van der Waals surface area contributed by atoms with Crippen molar-refractivity contribution < 1.29 is 4.79 Å². The Morgan fingerprint density at radius 1 is 0.971 bits per heavy atom. The van der Waals surface area contributed by atoms with E-state index in [4.69, 9.17) is 0 Å². The van der Waals surface area contributed by atoms with E-state index < -0.39 is 0 Å². The maximum atomic E-state index is 12.8. The average molecular weight is 472 g/mol. The van der Waals surface area contributed by atoms with Crippen LogP contribution in [0.1, 0.15) is 38.2 Å². The van der Waals surface area contributed by atoms with Gasteiger partial charge < -0.3 is 9.88 Å². The molecule has 2 heterocycles. The van der Waals surface area contributed by atoms with E-state index in [0.717, 1.165) is 16.7 Å². The van der Waals surface area contributed by atoms with E-state index in [1.54, 1.807) is 31.6 Å². The van der Waals surface area contributed by atoms with Crippen molar-refractivity contribution in [3.8, 4) is 0 Å². The summed E-state index contributed by atoms with van der Waals surface area (Å²) in [6, 6.07) is 15.8. The van der Waals surface area contributed by atoms with Gasteiger partial charge in [-0.05, 0) is 35.7 Å². The van der Waals surface area contributed by atoms with Gasteiger partial charge in [-0.15, -0.1) is 0 Å². The molecule has 0 bridgehead atoms. The number of amides is 1. The number of hydrogen-bond donors (Lipinski definition) is 1. The van der Waals surface area contributed by atoms with E-state index >= 15 is 0 Å². The van der Waals surface area contributed by atoms with Crippen LogP contribution in [0.15, 0.2) is 83.4 Å². The third-order valence-corrected chi connectivity index (χ3v) is 6.38. The number of rotatable bonds is 8. The van der Waals surface area contributed by atoms with Crippen molar-refractivity contribution in [2.45, 2.75) is 30.8 Å². The second kappa shape index (κ2) is 10.9. The van der Waals surface area contributed by atoms with Gasteiger partial charge in [0.05, 0.1) is 0 Å². The van der Waals surface area contributed by atoms with Crippen molar-refractivity contribution in [1.82, 2.24) is 24.8 Å². The summed E-state index contributed by atoms with van der Waals surface area (Å²) in [6.45, 7) is 2.58. The van der Waals surface area contributed by atoms with Crippen LogP contribution in [0.2, 0.25) is 0 Å². The van der Waals surface area contributed by atoms with Crippen LogP contribution >= 0.6 is 11.8 Å². The first kappa shape index (κ1) is 23.4. The summed E-state index contributed by atoms with van der Waals surface area (Å²) in [4.78, 5) is 37.2. The second-order valence-corrected chi connectivity index (χ2v) is 8.90. The minimum atomic E-state index is -0.249. The van der Waals surface area contributed by atoms with Gasteiger partial charge in [0.15, 0.2) is 5.16 Å². The van der Waals surface area contributed by atoms with E-state index in [1.807, 2.05) is 22.9 Å². The van der Waals surface area contributed by atoms with Gasteiger partial charge in [0, 0.05) is 55.5 Å². The molecular formula is C26H25N5O2S. The molecule has 2 aromatic carbocycles. The molecule has 0 aliphatic heterocycles. The van der Waals surface area contributed by atoms with Gasteiger partial charge in [-0.2, -0.15) is 4.98 Å². The van der Waals surface area contributed by atoms with Crippen LogP contribution in [-0.4, -0.2) is 32.5 Å². The number of carbonyl (C=O) groups is 1. The van der Waals surface area contributed by atoms with Crippen LogP contribution in [0.5, 0.6) is 0 Å². The molecule has 2 aromatic heterocycles. The maximum absolute atomic E-state index is 12.8. The lowest BCUT2D eigenvalue weighted by molar-refractivity contribution is 0.0963. The van der Waals surface area contributed by atoms with Crippen molar-refractivity contribution in [2.24, 2.45) is 0 Å². The third-order valence-electron chi connectivity index (χ3n) is 5.32. The second-order valence-electron chi connectivity index (χ2n) is 7.96. The number of nitrogens with zero attached hydrogens (tertiary/aromatic N) is 4. The highest BCUT2D eigenvalue weighted by molar-refractivity contribution is 7.98. The van der Waals surface area contributed by atoms with Gasteiger partial charge in [0.1, 0.15) is 6.33 Å². The summed E-state index contributed by atoms with van der Waals surface area (Å²) in [6.07, 6.45) is 7.15. The smallest absolute Gasteiger partial charge is 0.277 e. The summed E-state index contributed by atoms with van der Waals surface area (Å²) in [5.74, 6) is 0.576. The quantitative estimate of drug-likeness (QED) is 0.312. The standard InChI is InChI=1S/C26H25N5O2S/c1-18-3-5-20(6-4-18)16-34-26-30-25(33)23(11-21-12-28-17-29-13-21)15-31(26)14-19-7-9-22(10-8-19)24(32)27-2/h3-10,12-13,15,17H,11,14,16H2,1-2H3,(H,27,32). The topological polar surface area (TPSA) is 89.8 Å². The minimum Gasteiger partial charge on any atom is -0.355 e. The van der Waals surface area contributed by atoms with E-state index in [9.17, 15) is 9.59 Å². The van der Waals surface area contributed by atoms with Crippen molar-refractivity contribution in [1.29, 1.82) is 0 Å². The number of aryl methyl sites for hydroxylation is 1. The lowest BCUT2D eigenvalue weighted by Gasteiger charge is -2.14. The van der Waals surface area contributed by atoms with Gasteiger partial charge in [0.25, 0.3) is 11.5 Å². The Bertz CT molecular complexity index is 1320. The number of hydrogen-bond acceptors (Lipinski definition) is 6. The molecule has 0 aliphatic carbocycles. The van der Waals surface area contributed by atoms with Gasteiger partial charge in [0.2, 0.25) is 0 Å². The third kappa shape index (κ3) is 5.96. The van der Waals surface area contributed by atoms with Crippen molar-refractivity contribution >= 4 is 17.7 Å². The van der Waals surface area contributed by atoms with Crippen LogP contribution in [0.25, 0.3) is 0 Å². The van der Waals surface area contributed by atoms with E-state index in [2.05, 4.69) is 51.5 Å². The Morgan fingerprint density at radius 3 is 2.32 bits per heavy atom. The van der Waals surface area contributed by atoms with Crippen LogP contribution < -0.4 is 10.9 Å². The van der Waals surface area contributed by atoms with Crippen molar-refractivity contribution in [3.05, 3.63) is 117 Å². The van der Waals surface area contributed by atoms with Gasteiger partial charge in [-0.1, -0.05) is 53.7 Å². The lowest BCUT2D eigenvalue weighted by atomic mass is 10.1. The minimum absolute atomic E-state index is 0.127. The Labute approximate surface area is 202 Å². The Morgan fingerprint density at radius 2 is 1.65 bits per heavy atom. The molecule has 34 heavy (non-hydrogen) atoms. The Balaban J connectivity index is 1.63. The highest BCUT2D eigenvalue weighted by Gasteiger charge is 2.12. The average Bonchev–Trinajstić information content (AvgIpc) is 2.86. The number of nitrogens with one attached hydrogen (secondary N) is 1. The molecule has 0 unspecified atom stereocenters. The van der Waals surface area contributed by atoms with E-state index in [1.165, 1.54) is 23.7 Å². The monoisotopic (exact) mass is 471 g/mol. The van der Waals surface area contributed by atoms with Gasteiger partial charge >= 0.3 is 0 Å². The van der Waals surface area contributed by atoms with Crippen LogP contribution in [0.4, 0.5) is 0 Å². The number of aromatic nitrogens is 4. The molecule has 172 valence electrons. The summed E-state index contributed by atoms with van der Waals surface area (Å²) < 4.78 is 1.99. The zero-order valence-corrected chi connectivity index (χ0v) is 19.9. The van der Waals surface area contributed by atoms with E-state index in [0.29, 0.717) is 35.0 Å². The molecule has 7 nitrogen and oxygen atoms in total. The van der Waals surface area contributed by atoms with Gasteiger partial charge in [-0.3, -0.25) is 9.59 Å². The molecule has 0 saturated heterocycles. The first-order valence-electron chi connectivity index (χ1n) is 10.9. The SMILES string of the molecule is CNC(=O)c1ccc(Cn2cc(Cc3cncnc3)c(=O)nc2SCc2ccc(C)cc2)cc1. The molecule has 1 N–H and O–H groups in total. The maximum Gasteiger partial charge on any atom is 0.277 e. The molecule has 4 aromatic rings.